The van der Waals surface area contributed by atoms with Crippen LogP contribution in [0.2, 0.25) is 0 Å². The van der Waals surface area contributed by atoms with Crippen LogP contribution in [0.1, 0.15) is 39.2 Å². The largest absolute Gasteiger partial charge is 0.497 e. The lowest BCUT2D eigenvalue weighted by molar-refractivity contribution is 0.413. The van der Waals surface area contributed by atoms with Crippen molar-refractivity contribution in [1.82, 2.24) is 4.72 Å². The van der Waals surface area contributed by atoms with E-state index in [1.807, 2.05) is 45.0 Å². The highest BCUT2D eigenvalue weighted by Crippen LogP contribution is 2.23. The van der Waals surface area contributed by atoms with Crippen LogP contribution in [-0.4, -0.2) is 21.3 Å². The van der Waals surface area contributed by atoms with Gasteiger partial charge in [0.25, 0.3) is 0 Å². The van der Waals surface area contributed by atoms with Gasteiger partial charge in [0.1, 0.15) is 5.75 Å². The second kappa shape index (κ2) is 6.39. The Bertz CT molecular complexity index is 492. The molecule has 0 saturated carbocycles. The normalized spacial score (nSPS) is 12.4. The van der Waals surface area contributed by atoms with Crippen LogP contribution in [-0.2, 0) is 15.6 Å². The van der Waals surface area contributed by atoms with Crippen molar-refractivity contribution in [2.75, 3.05) is 12.9 Å². The molecule has 5 heteroatoms. The van der Waals surface area contributed by atoms with Gasteiger partial charge in [0.2, 0.25) is 10.0 Å². The van der Waals surface area contributed by atoms with Gasteiger partial charge in [0.15, 0.2) is 0 Å². The topological polar surface area (TPSA) is 55.4 Å². The summed E-state index contributed by atoms with van der Waals surface area (Å²) in [6, 6.07) is 7.41. The van der Waals surface area contributed by atoms with E-state index in [1.54, 1.807) is 7.11 Å². The average Bonchev–Trinajstić information content (AvgIpc) is 2.35. The average molecular weight is 285 g/mol. The third kappa shape index (κ3) is 4.84. The van der Waals surface area contributed by atoms with Gasteiger partial charge in [-0.2, -0.15) is 0 Å². The summed E-state index contributed by atoms with van der Waals surface area (Å²) in [6.45, 7) is 5.70. The molecule has 0 aliphatic rings. The zero-order chi connectivity index (χ0) is 14.5. The van der Waals surface area contributed by atoms with Crippen LogP contribution in [0.5, 0.6) is 5.75 Å². The number of benzene rings is 1. The first kappa shape index (κ1) is 16.0. The van der Waals surface area contributed by atoms with Crippen LogP contribution in [0.4, 0.5) is 0 Å². The summed E-state index contributed by atoms with van der Waals surface area (Å²) in [5.74, 6) is 0.927. The summed E-state index contributed by atoms with van der Waals surface area (Å²) < 4.78 is 31.8. The predicted octanol–water partition coefficient (Wildman–Crippen LogP) is 2.65. The Hall–Kier alpha value is -1.07. The van der Waals surface area contributed by atoms with Crippen molar-refractivity contribution < 1.29 is 13.2 Å². The van der Waals surface area contributed by atoms with E-state index >= 15 is 0 Å². The van der Waals surface area contributed by atoms with Gasteiger partial charge in [0.05, 0.1) is 18.4 Å². The highest BCUT2D eigenvalue weighted by atomic mass is 32.2. The first-order chi connectivity index (χ1) is 8.80. The van der Waals surface area contributed by atoms with E-state index in [0.717, 1.165) is 17.7 Å². The Morgan fingerprint density at radius 3 is 2.26 bits per heavy atom. The van der Waals surface area contributed by atoms with E-state index in [1.165, 1.54) is 0 Å². The van der Waals surface area contributed by atoms with E-state index in [0.29, 0.717) is 6.42 Å². The van der Waals surface area contributed by atoms with Crippen molar-refractivity contribution in [2.24, 2.45) is 0 Å². The Morgan fingerprint density at radius 1 is 1.21 bits per heavy atom. The number of hydrogen-bond donors (Lipinski definition) is 1. The summed E-state index contributed by atoms with van der Waals surface area (Å²) in [7, 11) is -1.64. The van der Waals surface area contributed by atoms with Crippen molar-refractivity contribution in [3.8, 4) is 5.75 Å². The fourth-order valence-corrected chi connectivity index (χ4v) is 3.51. The standard InChI is InChI=1S/C14H23NO3S/c1-5-6-11-19(16,17)15-14(2,3)12-7-9-13(18-4)10-8-12/h7-10,15H,5-6,11H2,1-4H3. The Labute approximate surface area is 116 Å². The molecular weight excluding hydrogens is 262 g/mol. The molecule has 0 unspecified atom stereocenters. The minimum Gasteiger partial charge on any atom is -0.497 e. The van der Waals surface area contributed by atoms with Crippen molar-refractivity contribution in [3.63, 3.8) is 0 Å². The fourth-order valence-electron chi connectivity index (χ4n) is 1.84. The van der Waals surface area contributed by atoms with Crippen LogP contribution in [0.15, 0.2) is 24.3 Å². The maximum Gasteiger partial charge on any atom is 0.212 e. The Morgan fingerprint density at radius 2 is 1.79 bits per heavy atom. The molecule has 4 nitrogen and oxygen atoms in total. The first-order valence-electron chi connectivity index (χ1n) is 6.47. The van der Waals surface area contributed by atoms with Gasteiger partial charge in [0, 0.05) is 0 Å². The number of unbranched alkanes of at least 4 members (excludes halogenated alkanes) is 1. The van der Waals surface area contributed by atoms with E-state index in [4.69, 9.17) is 4.74 Å². The van der Waals surface area contributed by atoms with Crippen molar-refractivity contribution >= 4 is 10.0 Å². The molecule has 1 N–H and O–H groups in total. The van der Waals surface area contributed by atoms with Crippen LogP contribution in [0.3, 0.4) is 0 Å². The molecule has 0 amide bonds. The van der Waals surface area contributed by atoms with Gasteiger partial charge >= 0.3 is 0 Å². The summed E-state index contributed by atoms with van der Waals surface area (Å²) in [6.07, 6.45) is 1.54. The third-order valence-corrected chi connectivity index (χ3v) is 4.64. The minimum absolute atomic E-state index is 0.170. The lowest BCUT2D eigenvalue weighted by Gasteiger charge is -2.26. The Kier molecular flexibility index (Phi) is 5.38. The smallest absolute Gasteiger partial charge is 0.212 e. The molecule has 1 aromatic carbocycles. The third-order valence-electron chi connectivity index (χ3n) is 2.99. The molecule has 19 heavy (non-hydrogen) atoms. The minimum atomic E-state index is -3.25. The molecule has 0 heterocycles. The fraction of sp³-hybridized carbons (Fsp3) is 0.571. The lowest BCUT2D eigenvalue weighted by atomic mass is 9.96. The van der Waals surface area contributed by atoms with Crippen LogP contribution >= 0.6 is 0 Å². The first-order valence-corrected chi connectivity index (χ1v) is 8.12. The molecule has 0 aliphatic carbocycles. The summed E-state index contributed by atoms with van der Waals surface area (Å²) in [4.78, 5) is 0. The highest BCUT2D eigenvalue weighted by molar-refractivity contribution is 7.89. The van der Waals surface area contributed by atoms with Crippen LogP contribution in [0.25, 0.3) is 0 Å². The number of sulfonamides is 1. The molecule has 108 valence electrons. The number of ether oxygens (including phenoxy) is 1. The van der Waals surface area contributed by atoms with Gasteiger partial charge in [-0.25, -0.2) is 13.1 Å². The summed E-state index contributed by atoms with van der Waals surface area (Å²) in [5.41, 5.74) is 0.284. The van der Waals surface area contributed by atoms with E-state index in [9.17, 15) is 8.42 Å². The molecule has 0 atom stereocenters. The Balaban J connectivity index is 2.84. The van der Waals surface area contributed by atoms with Gasteiger partial charge < -0.3 is 4.74 Å². The zero-order valence-electron chi connectivity index (χ0n) is 12.1. The van der Waals surface area contributed by atoms with Crippen LogP contribution < -0.4 is 9.46 Å². The summed E-state index contributed by atoms with van der Waals surface area (Å²) in [5, 5.41) is 0. The number of methoxy groups -OCH3 is 1. The predicted molar refractivity (Wildman–Crippen MR) is 77.9 cm³/mol. The lowest BCUT2D eigenvalue weighted by Crippen LogP contribution is -2.42. The molecular formula is C14H23NO3S. The molecule has 0 spiro atoms. The number of nitrogens with one attached hydrogen (secondary N) is 1. The second-order valence-corrected chi connectivity index (χ2v) is 6.97. The van der Waals surface area contributed by atoms with Crippen molar-refractivity contribution in [2.45, 2.75) is 39.2 Å². The quantitative estimate of drug-likeness (QED) is 0.838. The molecule has 0 aromatic heterocycles. The number of hydrogen-bond acceptors (Lipinski definition) is 3. The molecule has 0 saturated heterocycles. The van der Waals surface area contributed by atoms with Crippen molar-refractivity contribution in [3.05, 3.63) is 29.8 Å². The van der Waals surface area contributed by atoms with Crippen molar-refractivity contribution in [1.29, 1.82) is 0 Å². The van der Waals surface area contributed by atoms with E-state index in [-0.39, 0.29) is 5.75 Å². The number of rotatable bonds is 7. The molecule has 0 radical (unpaired) electrons. The molecule has 0 bridgehead atoms. The highest BCUT2D eigenvalue weighted by Gasteiger charge is 2.26. The van der Waals surface area contributed by atoms with Gasteiger partial charge in [-0.05, 0) is 38.0 Å². The molecule has 1 rings (SSSR count). The van der Waals surface area contributed by atoms with Gasteiger partial charge in [-0.1, -0.05) is 25.5 Å². The van der Waals surface area contributed by atoms with Gasteiger partial charge in [-0.15, -0.1) is 0 Å². The molecule has 0 aliphatic heterocycles. The van der Waals surface area contributed by atoms with Crippen LogP contribution in [0, 0.1) is 0 Å². The van der Waals surface area contributed by atoms with E-state index in [2.05, 4.69) is 4.72 Å². The maximum absolute atomic E-state index is 12.0. The van der Waals surface area contributed by atoms with E-state index < -0.39 is 15.6 Å². The van der Waals surface area contributed by atoms with Gasteiger partial charge in [-0.3, -0.25) is 0 Å². The second-order valence-electron chi connectivity index (χ2n) is 5.13. The monoisotopic (exact) mass is 285 g/mol. The zero-order valence-corrected chi connectivity index (χ0v) is 12.9. The SMILES string of the molecule is CCCCS(=O)(=O)NC(C)(C)c1ccc(OC)cc1. The maximum atomic E-state index is 12.0. The molecule has 0 fully saturated rings. The summed E-state index contributed by atoms with van der Waals surface area (Å²) >= 11 is 0. The molecule has 1 aromatic rings.